The smallest absolute Gasteiger partial charge is 0.250 e. The number of carbonyl (C=O) groups is 1. The summed E-state index contributed by atoms with van der Waals surface area (Å²) in [7, 11) is 0. The molecule has 1 amide bonds. The molecule has 2 N–H and O–H groups in total. The second kappa shape index (κ2) is 3.92. The average Bonchev–Trinajstić information content (AvgIpc) is 2.25. The van der Waals surface area contributed by atoms with Crippen molar-refractivity contribution >= 4 is 40.0 Å². The first-order chi connectivity index (χ1) is 7.50. The molecule has 0 fully saturated rings. The summed E-state index contributed by atoms with van der Waals surface area (Å²) < 4.78 is 0. The summed E-state index contributed by atoms with van der Waals surface area (Å²) in [6, 6.07) is 3.34. The van der Waals surface area contributed by atoms with E-state index in [9.17, 15) is 4.79 Å². The summed E-state index contributed by atoms with van der Waals surface area (Å²) in [5.41, 5.74) is 7.12. The number of pyridine rings is 1. The van der Waals surface area contributed by atoms with Crippen LogP contribution >= 0.6 is 23.2 Å². The largest absolute Gasteiger partial charge is 0.366 e. The molecule has 0 saturated heterocycles. The fraction of sp³-hybridized carbons (Fsp3) is 0.0909. The van der Waals surface area contributed by atoms with E-state index < -0.39 is 5.91 Å². The Labute approximate surface area is 102 Å². The number of nitrogens with zero attached hydrogens (tertiary/aromatic N) is 1. The minimum atomic E-state index is -0.539. The molecule has 16 heavy (non-hydrogen) atoms. The lowest BCUT2D eigenvalue weighted by Gasteiger charge is -2.06. The summed E-state index contributed by atoms with van der Waals surface area (Å²) in [6.45, 7) is 1.88. The van der Waals surface area contributed by atoms with Crippen LogP contribution in [0, 0.1) is 6.92 Å². The first-order valence-electron chi connectivity index (χ1n) is 4.55. The van der Waals surface area contributed by atoms with E-state index in [1.807, 2.05) is 6.92 Å². The molecule has 0 atom stereocenters. The number of aromatic nitrogens is 1. The molecule has 0 saturated carbocycles. The first kappa shape index (κ1) is 11.2. The van der Waals surface area contributed by atoms with E-state index in [0.717, 1.165) is 11.1 Å². The van der Waals surface area contributed by atoms with Crippen LogP contribution in [0.4, 0.5) is 0 Å². The molecule has 82 valence electrons. The Morgan fingerprint density at radius 1 is 1.38 bits per heavy atom. The average molecular weight is 255 g/mol. The van der Waals surface area contributed by atoms with Crippen molar-refractivity contribution in [3.05, 3.63) is 39.5 Å². The minimum Gasteiger partial charge on any atom is -0.366 e. The van der Waals surface area contributed by atoms with Crippen LogP contribution in [0.3, 0.4) is 0 Å². The van der Waals surface area contributed by atoms with Crippen LogP contribution in [0.2, 0.25) is 10.0 Å². The highest BCUT2D eigenvalue weighted by Gasteiger charge is 2.10. The summed E-state index contributed by atoms with van der Waals surface area (Å²) in [6.07, 6.45) is 1.43. The predicted molar refractivity (Wildman–Crippen MR) is 65.0 cm³/mol. The van der Waals surface area contributed by atoms with E-state index in [-0.39, 0.29) is 0 Å². The van der Waals surface area contributed by atoms with Gasteiger partial charge in [0.15, 0.2) is 0 Å². The van der Waals surface area contributed by atoms with Gasteiger partial charge in [0.2, 0.25) is 5.91 Å². The quantitative estimate of drug-likeness (QED) is 0.851. The van der Waals surface area contributed by atoms with Crippen LogP contribution in [0.15, 0.2) is 18.3 Å². The Morgan fingerprint density at radius 2 is 2.06 bits per heavy atom. The Kier molecular flexibility index (Phi) is 2.74. The molecule has 0 aliphatic rings. The summed E-state index contributed by atoms with van der Waals surface area (Å²) in [5, 5.41) is 1.47. The highest BCUT2D eigenvalue weighted by atomic mass is 35.5. The highest BCUT2D eigenvalue weighted by Crippen LogP contribution is 2.32. The van der Waals surface area contributed by atoms with E-state index in [2.05, 4.69) is 4.98 Å². The van der Waals surface area contributed by atoms with E-state index in [1.165, 1.54) is 6.20 Å². The maximum Gasteiger partial charge on any atom is 0.250 e. The number of rotatable bonds is 1. The summed E-state index contributed by atoms with van der Waals surface area (Å²) in [5.74, 6) is -0.539. The van der Waals surface area contributed by atoms with Crippen molar-refractivity contribution in [1.29, 1.82) is 0 Å². The maximum absolute atomic E-state index is 11.0. The normalized spacial score (nSPS) is 10.7. The molecule has 1 aromatic heterocycles. The van der Waals surface area contributed by atoms with Crippen molar-refractivity contribution in [3.8, 4) is 0 Å². The molecule has 2 rings (SSSR count). The lowest BCUT2D eigenvalue weighted by molar-refractivity contribution is 0.1000. The third-order valence-corrected chi connectivity index (χ3v) is 3.14. The number of carbonyl (C=O) groups excluding carboxylic acids is 1. The van der Waals surface area contributed by atoms with Crippen LogP contribution in [-0.2, 0) is 0 Å². The van der Waals surface area contributed by atoms with Gasteiger partial charge in [-0.3, -0.25) is 9.78 Å². The molecular weight excluding hydrogens is 247 g/mol. The van der Waals surface area contributed by atoms with Crippen LogP contribution in [0.1, 0.15) is 15.9 Å². The molecular formula is C11H8Cl2N2O. The molecule has 0 unspecified atom stereocenters. The zero-order valence-electron chi connectivity index (χ0n) is 8.42. The molecule has 0 aliphatic heterocycles. The van der Waals surface area contributed by atoms with Crippen molar-refractivity contribution in [1.82, 2.24) is 4.98 Å². The number of benzene rings is 1. The van der Waals surface area contributed by atoms with Crippen molar-refractivity contribution < 1.29 is 4.79 Å². The first-order valence-corrected chi connectivity index (χ1v) is 5.30. The van der Waals surface area contributed by atoms with Crippen molar-refractivity contribution in [2.75, 3.05) is 0 Å². The van der Waals surface area contributed by atoms with Gasteiger partial charge in [0.25, 0.3) is 0 Å². The number of hydrogen-bond donors (Lipinski definition) is 1. The van der Waals surface area contributed by atoms with E-state index in [1.54, 1.807) is 12.1 Å². The number of hydrogen-bond acceptors (Lipinski definition) is 2. The third kappa shape index (κ3) is 1.72. The van der Waals surface area contributed by atoms with Gasteiger partial charge < -0.3 is 5.73 Å². The second-order valence-electron chi connectivity index (χ2n) is 3.47. The van der Waals surface area contributed by atoms with Crippen molar-refractivity contribution in [2.45, 2.75) is 6.92 Å². The van der Waals surface area contributed by atoms with E-state index in [0.29, 0.717) is 21.0 Å². The van der Waals surface area contributed by atoms with Gasteiger partial charge in [0.05, 0.1) is 21.1 Å². The molecule has 0 aliphatic carbocycles. The number of primary amides is 1. The number of halogens is 2. The van der Waals surface area contributed by atoms with Gasteiger partial charge in [-0.15, -0.1) is 0 Å². The SMILES string of the molecule is Cc1cc(Cl)c(Cl)c2cc(C(N)=O)cnc12. The van der Waals surface area contributed by atoms with Gasteiger partial charge in [0.1, 0.15) is 0 Å². The van der Waals surface area contributed by atoms with Gasteiger partial charge >= 0.3 is 0 Å². The lowest BCUT2D eigenvalue weighted by atomic mass is 10.1. The van der Waals surface area contributed by atoms with Crippen LogP contribution < -0.4 is 5.73 Å². The number of amides is 1. The molecule has 5 heteroatoms. The topological polar surface area (TPSA) is 56.0 Å². The zero-order valence-corrected chi connectivity index (χ0v) is 9.93. The predicted octanol–water partition coefficient (Wildman–Crippen LogP) is 2.95. The van der Waals surface area contributed by atoms with Gasteiger partial charge in [-0.25, -0.2) is 0 Å². The fourth-order valence-electron chi connectivity index (χ4n) is 1.53. The maximum atomic E-state index is 11.0. The molecule has 1 heterocycles. The summed E-state index contributed by atoms with van der Waals surface area (Å²) in [4.78, 5) is 15.2. The monoisotopic (exact) mass is 254 g/mol. The fourth-order valence-corrected chi connectivity index (χ4v) is 2.00. The molecule has 0 radical (unpaired) electrons. The molecule has 3 nitrogen and oxygen atoms in total. The Hall–Kier alpha value is -1.32. The van der Waals surface area contributed by atoms with Crippen LogP contribution in [0.25, 0.3) is 10.9 Å². The van der Waals surface area contributed by atoms with Crippen LogP contribution in [-0.4, -0.2) is 10.9 Å². The lowest BCUT2D eigenvalue weighted by Crippen LogP contribution is -2.11. The third-order valence-electron chi connectivity index (χ3n) is 2.34. The molecule has 0 bridgehead atoms. The molecule has 1 aromatic carbocycles. The second-order valence-corrected chi connectivity index (χ2v) is 4.26. The number of aryl methyl sites for hydroxylation is 1. The Balaban J connectivity index is 2.86. The standard InChI is InChI=1S/C11H8Cl2N2O/c1-5-2-8(12)9(13)7-3-6(11(14)16)4-15-10(5)7/h2-4H,1H3,(H2,14,16). The molecule has 2 aromatic rings. The number of fused-ring (bicyclic) bond motifs is 1. The molecule has 0 spiro atoms. The van der Waals surface area contributed by atoms with Gasteiger partial charge in [-0.1, -0.05) is 23.2 Å². The van der Waals surface area contributed by atoms with E-state index >= 15 is 0 Å². The van der Waals surface area contributed by atoms with Gasteiger partial charge in [-0.2, -0.15) is 0 Å². The zero-order chi connectivity index (χ0) is 11.9. The van der Waals surface area contributed by atoms with Gasteiger partial charge in [-0.05, 0) is 24.6 Å². The van der Waals surface area contributed by atoms with Crippen molar-refractivity contribution in [2.24, 2.45) is 5.73 Å². The number of nitrogens with two attached hydrogens (primary N) is 1. The van der Waals surface area contributed by atoms with Gasteiger partial charge in [0, 0.05) is 11.6 Å². The van der Waals surface area contributed by atoms with Crippen LogP contribution in [0.5, 0.6) is 0 Å². The highest BCUT2D eigenvalue weighted by molar-refractivity contribution is 6.45. The summed E-state index contributed by atoms with van der Waals surface area (Å²) >= 11 is 12.0. The van der Waals surface area contributed by atoms with Crippen molar-refractivity contribution in [3.63, 3.8) is 0 Å². The Morgan fingerprint density at radius 3 is 2.69 bits per heavy atom. The Bertz CT molecular complexity index is 596. The van der Waals surface area contributed by atoms with E-state index in [4.69, 9.17) is 28.9 Å². The minimum absolute atomic E-state index is 0.316.